The highest BCUT2D eigenvalue weighted by molar-refractivity contribution is 6.58. The van der Waals surface area contributed by atoms with E-state index in [2.05, 4.69) is 4.90 Å². The number of hydrogen-bond donors (Lipinski definition) is 2. The van der Waals surface area contributed by atoms with Gasteiger partial charge < -0.3 is 19.7 Å². The summed E-state index contributed by atoms with van der Waals surface area (Å²) in [4.78, 5) is 2.47. The van der Waals surface area contributed by atoms with Crippen LogP contribution >= 0.6 is 0 Å². The third-order valence-corrected chi connectivity index (χ3v) is 3.26. The summed E-state index contributed by atoms with van der Waals surface area (Å²) in [5.41, 5.74) is 0.486. The molecular formula is C13H20BNO3. The minimum Gasteiger partial charge on any atom is -0.494 e. The highest BCUT2D eigenvalue weighted by Crippen LogP contribution is 2.10. The fourth-order valence-corrected chi connectivity index (χ4v) is 2.22. The predicted molar refractivity (Wildman–Crippen MR) is 72.1 cm³/mol. The summed E-state index contributed by atoms with van der Waals surface area (Å²) in [5, 5.41) is 17.9. The van der Waals surface area contributed by atoms with Crippen LogP contribution in [0, 0.1) is 0 Å². The van der Waals surface area contributed by atoms with Crippen molar-refractivity contribution in [2.75, 3.05) is 26.2 Å². The van der Waals surface area contributed by atoms with E-state index in [1.807, 2.05) is 0 Å². The van der Waals surface area contributed by atoms with Crippen molar-refractivity contribution in [3.8, 4) is 5.75 Å². The Hall–Kier alpha value is -1.04. The highest BCUT2D eigenvalue weighted by Gasteiger charge is 2.11. The van der Waals surface area contributed by atoms with Gasteiger partial charge in [-0.3, -0.25) is 0 Å². The largest absolute Gasteiger partial charge is 0.494 e. The Kier molecular flexibility index (Phi) is 5.05. The molecule has 0 atom stereocenters. The molecule has 0 aromatic heterocycles. The molecule has 1 aromatic rings. The van der Waals surface area contributed by atoms with Crippen LogP contribution in [0.1, 0.15) is 19.3 Å². The molecule has 98 valence electrons. The first-order chi connectivity index (χ1) is 8.75. The molecule has 2 N–H and O–H groups in total. The van der Waals surface area contributed by atoms with Crippen molar-refractivity contribution in [3.05, 3.63) is 24.3 Å². The maximum absolute atomic E-state index is 8.96. The molecule has 0 amide bonds. The van der Waals surface area contributed by atoms with E-state index in [0.717, 1.165) is 18.7 Å². The van der Waals surface area contributed by atoms with Crippen molar-refractivity contribution in [1.29, 1.82) is 0 Å². The second-order valence-electron chi connectivity index (χ2n) is 4.69. The van der Waals surface area contributed by atoms with Crippen molar-refractivity contribution >= 4 is 12.6 Å². The number of benzene rings is 1. The minimum absolute atomic E-state index is 0.486. The van der Waals surface area contributed by atoms with E-state index in [0.29, 0.717) is 12.1 Å². The third-order valence-electron chi connectivity index (χ3n) is 3.26. The van der Waals surface area contributed by atoms with Gasteiger partial charge in [0.1, 0.15) is 5.75 Å². The summed E-state index contributed by atoms with van der Waals surface area (Å²) in [6.45, 7) is 4.26. The van der Waals surface area contributed by atoms with E-state index >= 15 is 0 Å². The van der Waals surface area contributed by atoms with Gasteiger partial charge in [0.25, 0.3) is 0 Å². The molecule has 1 aliphatic rings. The summed E-state index contributed by atoms with van der Waals surface area (Å²) in [6.07, 6.45) is 3.68. The lowest BCUT2D eigenvalue weighted by Gasteiger charge is -2.14. The molecule has 1 saturated heterocycles. The molecule has 2 rings (SSSR count). The summed E-state index contributed by atoms with van der Waals surface area (Å²) in [7, 11) is -1.41. The van der Waals surface area contributed by atoms with Crippen molar-refractivity contribution in [2.24, 2.45) is 0 Å². The van der Waals surface area contributed by atoms with Crippen LogP contribution in [0.2, 0.25) is 0 Å². The first-order valence-corrected chi connectivity index (χ1v) is 6.57. The second-order valence-corrected chi connectivity index (χ2v) is 4.69. The zero-order valence-corrected chi connectivity index (χ0v) is 10.6. The molecule has 1 aromatic carbocycles. The molecule has 1 fully saturated rings. The summed E-state index contributed by atoms with van der Waals surface area (Å²) in [6, 6.07) is 6.87. The standard InChI is InChI=1S/C13H20BNO3/c16-14(17)12-4-6-13(7-5-12)18-11-3-10-15-8-1-2-9-15/h4-7,16-17H,1-3,8-11H2. The lowest BCUT2D eigenvalue weighted by molar-refractivity contribution is 0.263. The van der Waals surface area contributed by atoms with Crippen molar-refractivity contribution in [3.63, 3.8) is 0 Å². The highest BCUT2D eigenvalue weighted by atomic mass is 16.5. The molecule has 1 heterocycles. The van der Waals surface area contributed by atoms with Crippen LogP contribution in [0.25, 0.3) is 0 Å². The monoisotopic (exact) mass is 249 g/mol. The van der Waals surface area contributed by atoms with E-state index < -0.39 is 7.12 Å². The predicted octanol–water partition coefficient (Wildman–Crippen LogP) is 0.231. The quantitative estimate of drug-likeness (QED) is 0.560. The van der Waals surface area contributed by atoms with Gasteiger partial charge in [0.05, 0.1) is 6.61 Å². The van der Waals surface area contributed by atoms with Crippen LogP contribution < -0.4 is 10.2 Å². The molecule has 0 unspecified atom stereocenters. The van der Waals surface area contributed by atoms with Crippen LogP contribution in [-0.2, 0) is 0 Å². The molecule has 18 heavy (non-hydrogen) atoms. The van der Waals surface area contributed by atoms with E-state index in [1.54, 1.807) is 24.3 Å². The molecule has 5 heteroatoms. The fourth-order valence-electron chi connectivity index (χ4n) is 2.22. The van der Waals surface area contributed by atoms with Crippen molar-refractivity contribution in [2.45, 2.75) is 19.3 Å². The van der Waals surface area contributed by atoms with Crippen molar-refractivity contribution in [1.82, 2.24) is 4.90 Å². The van der Waals surface area contributed by atoms with Gasteiger partial charge in [-0.2, -0.15) is 0 Å². The average Bonchev–Trinajstić information content (AvgIpc) is 2.88. The fraction of sp³-hybridized carbons (Fsp3) is 0.538. The van der Waals surface area contributed by atoms with Gasteiger partial charge in [-0.1, -0.05) is 12.1 Å². The van der Waals surface area contributed by atoms with Crippen LogP contribution in [0.5, 0.6) is 5.75 Å². The first-order valence-electron chi connectivity index (χ1n) is 6.57. The molecule has 0 radical (unpaired) electrons. The van der Waals surface area contributed by atoms with E-state index in [1.165, 1.54) is 25.9 Å². The lowest BCUT2D eigenvalue weighted by Crippen LogP contribution is -2.29. The van der Waals surface area contributed by atoms with Gasteiger partial charge in [0, 0.05) is 6.54 Å². The van der Waals surface area contributed by atoms with E-state index in [9.17, 15) is 0 Å². The molecule has 4 nitrogen and oxygen atoms in total. The third kappa shape index (κ3) is 4.01. The van der Waals surface area contributed by atoms with Crippen LogP contribution in [-0.4, -0.2) is 48.3 Å². The van der Waals surface area contributed by atoms with Gasteiger partial charge >= 0.3 is 7.12 Å². The van der Waals surface area contributed by atoms with Crippen molar-refractivity contribution < 1.29 is 14.8 Å². The number of nitrogens with zero attached hydrogens (tertiary/aromatic N) is 1. The molecule has 0 saturated carbocycles. The molecule has 0 bridgehead atoms. The number of ether oxygens (including phenoxy) is 1. The average molecular weight is 249 g/mol. The zero-order valence-electron chi connectivity index (χ0n) is 10.6. The first kappa shape index (κ1) is 13.4. The second kappa shape index (κ2) is 6.78. The topological polar surface area (TPSA) is 52.9 Å². The SMILES string of the molecule is OB(O)c1ccc(OCCCN2CCCC2)cc1. The lowest BCUT2D eigenvalue weighted by atomic mass is 9.80. The van der Waals surface area contributed by atoms with Crippen LogP contribution in [0.15, 0.2) is 24.3 Å². The van der Waals surface area contributed by atoms with Gasteiger partial charge in [-0.25, -0.2) is 0 Å². The van der Waals surface area contributed by atoms with Crippen LogP contribution in [0.3, 0.4) is 0 Å². The molecule has 0 spiro atoms. The van der Waals surface area contributed by atoms with Gasteiger partial charge in [0.15, 0.2) is 0 Å². The maximum atomic E-state index is 8.96. The van der Waals surface area contributed by atoms with Gasteiger partial charge in [-0.05, 0) is 49.9 Å². The number of likely N-dealkylation sites (tertiary alicyclic amines) is 1. The normalized spacial score (nSPS) is 15.9. The summed E-state index contributed by atoms with van der Waals surface area (Å²) < 4.78 is 5.61. The molecule has 1 aliphatic heterocycles. The smallest absolute Gasteiger partial charge is 0.488 e. The Morgan fingerprint density at radius 2 is 1.78 bits per heavy atom. The Morgan fingerprint density at radius 3 is 2.39 bits per heavy atom. The maximum Gasteiger partial charge on any atom is 0.488 e. The van der Waals surface area contributed by atoms with Gasteiger partial charge in [-0.15, -0.1) is 0 Å². The van der Waals surface area contributed by atoms with Crippen LogP contribution in [0.4, 0.5) is 0 Å². The Morgan fingerprint density at radius 1 is 1.11 bits per heavy atom. The van der Waals surface area contributed by atoms with E-state index in [4.69, 9.17) is 14.8 Å². The molecular weight excluding hydrogens is 229 g/mol. The Balaban J connectivity index is 1.66. The van der Waals surface area contributed by atoms with Gasteiger partial charge in [0.2, 0.25) is 0 Å². The summed E-state index contributed by atoms with van der Waals surface area (Å²) in [5.74, 6) is 0.779. The van der Waals surface area contributed by atoms with E-state index in [-0.39, 0.29) is 0 Å². The Bertz CT molecular complexity index is 350. The number of rotatable bonds is 6. The number of hydrogen-bond acceptors (Lipinski definition) is 4. The Labute approximate surface area is 108 Å². The summed E-state index contributed by atoms with van der Waals surface area (Å²) >= 11 is 0. The zero-order chi connectivity index (χ0) is 12.8. The minimum atomic E-state index is -1.41. The molecule has 0 aliphatic carbocycles.